The molecule has 1 aliphatic carbocycles. The van der Waals surface area contributed by atoms with E-state index in [-0.39, 0.29) is 13.0 Å². The van der Waals surface area contributed by atoms with E-state index >= 15 is 0 Å². The van der Waals surface area contributed by atoms with Crippen molar-refractivity contribution in [2.45, 2.75) is 346 Å². The van der Waals surface area contributed by atoms with Gasteiger partial charge >= 0.3 is 13.8 Å². The van der Waals surface area contributed by atoms with Gasteiger partial charge in [-0.15, -0.1) is 0 Å². The summed E-state index contributed by atoms with van der Waals surface area (Å²) >= 11 is 0. The van der Waals surface area contributed by atoms with Gasteiger partial charge in [0.2, 0.25) is 0 Å². The molecule has 0 heterocycles. The van der Waals surface area contributed by atoms with E-state index in [1.54, 1.807) is 0 Å². The molecule has 0 radical (unpaired) electrons. The first kappa shape index (κ1) is 70.1. The van der Waals surface area contributed by atoms with Gasteiger partial charge in [0.15, 0.2) is 0 Å². The Kier molecular flexibility index (Phi) is 48.6. The van der Waals surface area contributed by atoms with Crippen LogP contribution in [0.5, 0.6) is 0 Å². The van der Waals surface area contributed by atoms with Crippen LogP contribution in [0.1, 0.15) is 303 Å². The molecule has 0 aromatic carbocycles. The van der Waals surface area contributed by atoms with Gasteiger partial charge in [0.05, 0.1) is 13.2 Å². The number of esters is 1. The van der Waals surface area contributed by atoms with Crippen LogP contribution in [-0.2, 0) is 27.9 Å². The maximum absolute atomic E-state index is 12.9. The fraction of sp³-hybridized carbons (Fsp3) is 0.950. The largest absolute Gasteiger partial charge is 0.472 e. The average molecular weight is 1060 g/mol. The van der Waals surface area contributed by atoms with Crippen LogP contribution in [0.2, 0.25) is 0 Å². The predicted molar refractivity (Wildman–Crippen MR) is 300 cm³/mol. The van der Waals surface area contributed by atoms with Crippen LogP contribution in [0, 0.1) is 0 Å². The second kappa shape index (κ2) is 50.6. The number of ether oxygens (including phenoxy) is 2. The third kappa shape index (κ3) is 41.8. The van der Waals surface area contributed by atoms with Crippen molar-refractivity contribution in [1.82, 2.24) is 0 Å². The number of hydrogen-bond acceptors (Lipinski definition) is 11. The molecule has 12 nitrogen and oxygen atoms in total. The highest BCUT2D eigenvalue weighted by molar-refractivity contribution is 7.47. The average Bonchev–Trinajstić information content (AvgIpc) is 3.38. The third-order valence-corrected chi connectivity index (χ3v) is 15.9. The van der Waals surface area contributed by atoms with Crippen LogP contribution in [0.15, 0.2) is 12.2 Å². The lowest BCUT2D eigenvalue weighted by molar-refractivity contribution is -0.220. The van der Waals surface area contributed by atoms with Gasteiger partial charge in [0, 0.05) is 13.0 Å². The fourth-order valence-corrected chi connectivity index (χ4v) is 11.0. The lowest BCUT2D eigenvalue weighted by Gasteiger charge is -2.41. The lowest BCUT2D eigenvalue weighted by Crippen LogP contribution is -2.64. The van der Waals surface area contributed by atoms with Crippen molar-refractivity contribution in [2.75, 3.05) is 19.8 Å². The number of phosphoric ester groups is 1. The summed E-state index contributed by atoms with van der Waals surface area (Å²) in [6, 6.07) is 0. The van der Waals surface area contributed by atoms with Gasteiger partial charge in [-0.3, -0.25) is 13.8 Å². The summed E-state index contributed by atoms with van der Waals surface area (Å²) in [6.45, 7) is 4.34. The molecule has 73 heavy (non-hydrogen) atoms. The molecule has 13 heteroatoms. The molecule has 6 unspecified atom stereocenters. The zero-order valence-corrected chi connectivity index (χ0v) is 48.1. The van der Waals surface area contributed by atoms with E-state index in [0.717, 1.165) is 38.5 Å². The Hall–Kier alpha value is -0.920. The summed E-state index contributed by atoms with van der Waals surface area (Å²) in [5.41, 5.74) is 0. The minimum atomic E-state index is -5.02. The van der Waals surface area contributed by atoms with Crippen LogP contribution in [0.4, 0.5) is 0 Å². The summed E-state index contributed by atoms with van der Waals surface area (Å²) in [6.07, 6.45) is 48.6. The smallest absolute Gasteiger partial charge is 0.457 e. The number of hydrogen-bond donors (Lipinski definition) is 6. The monoisotopic (exact) mass is 1060 g/mol. The van der Waals surface area contributed by atoms with Gasteiger partial charge in [0.25, 0.3) is 0 Å². The molecule has 0 aromatic rings. The van der Waals surface area contributed by atoms with Crippen LogP contribution in [-0.4, -0.2) is 98.9 Å². The maximum Gasteiger partial charge on any atom is 0.472 e. The number of aliphatic hydroxyl groups is 5. The summed E-state index contributed by atoms with van der Waals surface area (Å²) in [4.78, 5) is 23.4. The standard InChI is InChI=1S/C60H117O12P/c1-3-5-7-9-11-13-15-17-19-21-23-25-27-29-31-33-35-37-39-41-43-45-47-49-54(61)71-53(52-70-73(67,68)72-60-58(65)56(63)55(62)57(64)59(60)66)51-69-50-48-46-44-42-40-38-36-34-32-30-28-26-24-22-20-18-16-14-12-10-8-6-4-2/h21,23,53,55-60,62-66H,3-20,22,24-52H2,1-2H3,(H,67,68)/b23-21-. The molecule has 1 saturated carbocycles. The Morgan fingerprint density at radius 2 is 0.726 bits per heavy atom. The number of allylic oxidation sites excluding steroid dienone is 2. The highest BCUT2D eigenvalue weighted by Crippen LogP contribution is 2.47. The van der Waals surface area contributed by atoms with Crippen LogP contribution in [0.25, 0.3) is 0 Å². The minimum Gasteiger partial charge on any atom is -0.457 e. The zero-order chi connectivity index (χ0) is 53.3. The molecule has 1 fully saturated rings. The summed E-state index contributed by atoms with van der Waals surface area (Å²) in [5, 5.41) is 50.5. The van der Waals surface area contributed by atoms with Crippen molar-refractivity contribution in [2.24, 2.45) is 0 Å². The molecule has 434 valence electrons. The lowest BCUT2D eigenvalue weighted by atomic mass is 9.85. The van der Waals surface area contributed by atoms with Crippen molar-refractivity contribution in [3.63, 3.8) is 0 Å². The highest BCUT2D eigenvalue weighted by atomic mass is 31.2. The van der Waals surface area contributed by atoms with E-state index < -0.39 is 63.1 Å². The molecule has 0 bridgehead atoms. The Bertz CT molecular complexity index is 1260. The van der Waals surface area contributed by atoms with Crippen LogP contribution >= 0.6 is 7.82 Å². The molecule has 0 aliphatic heterocycles. The third-order valence-electron chi connectivity index (χ3n) is 14.9. The number of carbonyl (C=O) groups is 1. The minimum absolute atomic E-state index is 0.0696. The number of phosphoric acid groups is 1. The molecular formula is C60H117O12P. The Balaban J connectivity index is 2.23. The van der Waals surface area contributed by atoms with Crippen molar-refractivity contribution in [3.8, 4) is 0 Å². The first-order valence-electron chi connectivity index (χ1n) is 31.0. The maximum atomic E-state index is 12.9. The van der Waals surface area contributed by atoms with Gasteiger partial charge < -0.3 is 39.9 Å². The molecule has 0 aromatic heterocycles. The summed E-state index contributed by atoms with van der Waals surface area (Å²) < 4.78 is 34.5. The van der Waals surface area contributed by atoms with Gasteiger partial charge in [-0.2, -0.15) is 0 Å². The zero-order valence-electron chi connectivity index (χ0n) is 47.2. The van der Waals surface area contributed by atoms with Crippen molar-refractivity contribution < 1.29 is 58.3 Å². The quantitative estimate of drug-likeness (QED) is 0.0146. The SMILES string of the molecule is CCCCCCCCCC/C=C\CCCCCCCCCCCCCC(=O)OC(COCCCCCCCCCCCCCCCCCCCCCCCCC)COP(=O)(O)OC1C(O)C(O)C(O)C(O)C1O. The summed E-state index contributed by atoms with van der Waals surface area (Å²) in [5.74, 6) is -0.470. The van der Waals surface area contributed by atoms with E-state index in [0.29, 0.717) is 13.0 Å². The van der Waals surface area contributed by atoms with E-state index in [4.69, 9.17) is 18.5 Å². The van der Waals surface area contributed by atoms with Crippen LogP contribution in [0.3, 0.4) is 0 Å². The van der Waals surface area contributed by atoms with Gasteiger partial charge in [-0.1, -0.05) is 270 Å². The Morgan fingerprint density at radius 1 is 0.425 bits per heavy atom. The predicted octanol–water partition coefficient (Wildman–Crippen LogP) is 15.4. The van der Waals surface area contributed by atoms with Gasteiger partial charge in [0.1, 0.15) is 42.7 Å². The molecule has 0 spiro atoms. The van der Waals surface area contributed by atoms with Crippen molar-refractivity contribution in [3.05, 3.63) is 12.2 Å². The highest BCUT2D eigenvalue weighted by Gasteiger charge is 2.51. The molecule has 6 atom stereocenters. The molecular weight excluding hydrogens is 944 g/mol. The topological polar surface area (TPSA) is 192 Å². The molecule has 1 aliphatic rings. The molecule has 6 N–H and O–H groups in total. The molecule has 1 rings (SSSR count). The molecule has 0 saturated heterocycles. The fourth-order valence-electron chi connectivity index (χ4n) is 10.0. The Labute approximate surface area is 448 Å². The number of unbranched alkanes of at least 4 members (excludes halogenated alkanes) is 41. The summed E-state index contributed by atoms with van der Waals surface area (Å²) in [7, 11) is -5.02. The van der Waals surface area contributed by atoms with Gasteiger partial charge in [-0.25, -0.2) is 4.57 Å². The Morgan fingerprint density at radius 3 is 1.08 bits per heavy atom. The van der Waals surface area contributed by atoms with E-state index in [1.807, 2.05) is 0 Å². The van der Waals surface area contributed by atoms with E-state index in [1.165, 1.54) is 238 Å². The van der Waals surface area contributed by atoms with Crippen LogP contribution < -0.4 is 0 Å². The molecule has 0 amide bonds. The van der Waals surface area contributed by atoms with E-state index in [2.05, 4.69) is 26.0 Å². The van der Waals surface area contributed by atoms with Crippen molar-refractivity contribution in [1.29, 1.82) is 0 Å². The number of carbonyl (C=O) groups excluding carboxylic acids is 1. The van der Waals surface area contributed by atoms with Crippen molar-refractivity contribution >= 4 is 13.8 Å². The second-order valence-electron chi connectivity index (χ2n) is 21.9. The first-order valence-corrected chi connectivity index (χ1v) is 32.5. The number of aliphatic hydroxyl groups excluding tert-OH is 5. The van der Waals surface area contributed by atoms with Gasteiger partial charge in [-0.05, 0) is 38.5 Å². The second-order valence-corrected chi connectivity index (χ2v) is 23.3. The normalized spacial score (nSPS) is 20.5. The number of rotatable bonds is 55. The van der Waals surface area contributed by atoms with E-state index in [9.17, 15) is 39.8 Å². The first-order chi connectivity index (χ1) is 35.5.